The van der Waals surface area contributed by atoms with E-state index in [9.17, 15) is 30.7 Å². The number of hydrogen-bond donors (Lipinski definition) is 1. The van der Waals surface area contributed by atoms with Gasteiger partial charge in [-0.1, -0.05) is 5.16 Å². The molecule has 1 aromatic heterocycles. The van der Waals surface area contributed by atoms with Crippen molar-refractivity contribution in [1.82, 2.24) is 10.1 Å². The molecular weight excluding hydrogens is 325 g/mol. The first kappa shape index (κ1) is 16.0. The van der Waals surface area contributed by atoms with Crippen LogP contribution in [0.25, 0.3) is 11.4 Å². The molecule has 0 aliphatic rings. The van der Waals surface area contributed by atoms with Gasteiger partial charge < -0.3 is 9.63 Å². The van der Waals surface area contributed by atoms with Gasteiger partial charge in [-0.2, -0.15) is 35.7 Å². The number of phenolic OH excluding ortho intramolecular Hbond substituents is 1. The van der Waals surface area contributed by atoms with Crippen LogP contribution in [0.4, 0.5) is 30.7 Å². The molecule has 11 heteroatoms. The van der Waals surface area contributed by atoms with E-state index >= 15 is 0 Å². The minimum Gasteiger partial charge on any atom is -0.508 e. The molecule has 2 rings (SSSR count). The van der Waals surface area contributed by atoms with Crippen LogP contribution in [0.1, 0.15) is 5.89 Å². The summed E-state index contributed by atoms with van der Waals surface area (Å²) in [5.41, 5.74) is -0.0288. The molecule has 0 aliphatic heterocycles. The molecular formula is C11H5F7N2O2. The number of phenols is 1. The van der Waals surface area contributed by atoms with E-state index in [4.69, 9.17) is 5.11 Å². The van der Waals surface area contributed by atoms with E-state index in [1.807, 2.05) is 0 Å². The number of aromatic nitrogens is 2. The highest BCUT2D eigenvalue weighted by molar-refractivity contribution is 5.55. The van der Waals surface area contributed by atoms with E-state index in [0.717, 1.165) is 24.3 Å². The van der Waals surface area contributed by atoms with Gasteiger partial charge in [0.25, 0.3) is 0 Å². The predicted octanol–water partition coefficient (Wildman–Crippen LogP) is 3.73. The van der Waals surface area contributed by atoms with E-state index < -0.39 is 29.7 Å². The number of alkyl halides is 7. The standard InChI is InChI=1S/C11H5F7N2O2/c12-9(13,10(14,15)11(16,17)18)8-19-7(20-22-8)5-1-3-6(21)4-2-5/h1-4,21H. The molecule has 0 aliphatic carbocycles. The maximum Gasteiger partial charge on any atom is 0.460 e. The minimum atomic E-state index is -6.50. The fraction of sp³-hybridized carbons (Fsp3) is 0.273. The van der Waals surface area contributed by atoms with Crippen molar-refractivity contribution in [3.8, 4) is 17.1 Å². The second kappa shape index (κ2) is 4.85. The van der Waals surface area contributed by atoms with Crippen LogP contribution in [0.2, 0.25) is 0 Å². The third-order valence-corrected chi connectivity index (χ3v) is 2.57. The van der Waals surface area contributed by atoms with Crippen molar-refractivity contribution in [3.05, 3.63) is 30.2 Å². The molecule has 0 amide bonds. The summed E-state index contributed by atoms with van der Waals surface area (Å²) in [5, 5.41) is 12.0. The second-order valence-corrected chi connectivity index (χ2v) is 4.12. The number of nitrogens with zero attached hydrogens (tertiary/aromatic N) is 2. The zero-order valence-electron chi connectivity index (χ0n) is 10.2. The summed E-state index contributed by atoms with van der Waals surface area (Å²) in [4.78, 5) is 2.87. The van der Waals surface area contributed by atoms with Crippen molar-refractivity contribution < 1.29 is 40.4 Å². The number of hydrogen-bond acceptors (Lipinski definition) is 4. The Morgan fingerprint density at radius 3 is 1.95 bits per heavy atom. The van der Waals surface area contributed by atoms with E-state index in [2.05, 4.69) is 14.7 Å². The molecule has 0 bridgehead atoms. The number of halogens is 7. The van der Waals surface area contributed by atoms with Gasteiger partial charge in [0.1, 0.15) is 5.75 Å². The van der Waals surface area contributed by atoms with Gasteiger partial charge in [-0.3, -0.25) is 0 Å². The molecule has 0 radical (unpaired) electrons. The Balaban J connectivity index is 2.40. The van der Waals surface area contributed by atoms with Crippen LogP contribution in [0, 0.1) is 0 Å². The normalized spacial score (nSPS) is 13.4. The summed E-state index contributed by atoms with van der Waals surface area (Å²) in [6, 6.07) is 4.47. The quantitative estimate of drug-likeness (QED) is 0.871. The molecule has 120 valence electrons. The highest BCUT2D eigenvalue weighted by Crippen LogP contribution is 2.51. The molecule has 2 aromatic rings. The summed E-state index contributed by atoms with van der Waals surface area (Å²) < 4.78 is 92.2. The van der Waals surface area contributed by atoms with Crippen molar-refractivity contribution in [1.29, 1.82) is 0 Å². The molecule has 0 spiro atoms. The van der Waals surface area contributed by atoms with Gasteiger partial charge >= 0.3 is 23.9 Å². The van der Waals surface area contributed by atoms with Crippen molar-refractivity contribution in [2.24, 2.45) is 0 Å². The molecule has 22 heavy (non-hydrogen) atoms. The van der Waals surface area contributed by atoms with E-state index in [-0.39, 0.29) is 11.3 Å². The van der Waals surface area contributed by atoms with E-state index in [0.29, 0.717) is 0 Å². The van der Waals surface area contributed by atoms with Crippen LogP contribution < -0.4 is 0 Å². The molecule has 1 aromatic carbocycles. The van der Waals surface area contributed by atoms with Crippen molar-refractivity contribution >= 4 is 0 Å². The first-order valence-corrected chi connectivity index (χ1v) is 5.43. The molecule has 1 heterocycles. The molecule has 0 saturated carbocycles. The largest absolute Gasteiger partial charge is 0.508 e. The molecule has 0 fully saturated rings. The fourth-order valence-corrected chi connectivity index (χ4v) is 1.39. The van der Waals surface area contributed by atoms with Gasteiger partial charge in [-0.25, -0.2) is 0 Å². The Bertz CT molecular complexity index is 664. The smallest absolute Gasteiger partial charge is 0.460 e. The Morgan fingerprint density at radius 1 is 0.909 bits per heavy atom. The lowest BCUT2D eigenvalue weighted by Gasteiger charge is -2.25. The monoisotopic (exact) mass is 330 g/mol. The summed E-state index contributed by atoms with van der Waals surface area (Å²) in [6.45, 7) is 0. The fourth-order valence-electron chi connectivity index (χ4n) is 1.39. The van der Waals surface area contributed by atoms with E-state index in [1.165, 1.54) is 0 Å². The van der Waals surface area contributed by atoms with Crippen LogP contribution in [0.15, 0.2) is 28.8 Å². The third kappa shape index (κ3) is 2.46. The number of benzene rings is 1. The Kier molecular flexibility index (Phi) is 3.54. The first-order chi connectivity index (χ1) is 9.97. The van der Waals surface area contributed by atoms with Gasteiger partial charge in [0.15, 0.2) is 0 Å². The second-order valence-electron chi connectivity index (χ2n) is 4.12. The predicted molar refractivity (Wildman–Crippen MR) is 56.3 cm³/mol. The van der Waals surface area contributed by atoms with Crippen LogP contribution in [0.3, 0.4) is 0 Å². The lowest BCUT2D eigenvalue weighted by Crippen LogP contribution is -2.50. The number of aromatic hydroxyl groups is 1. The van der Waals surface area contributed by atoms with Crippen LogP contribution >= 0.6 is 0 Å². The average molecular weight is 330 g/mol. The molecule has 0 saturated heterocycles. The van der Waals surface area contributed by atoms with E-state index in [1.54, 1.807) is 0 Å². The minimum absolute atomic E-state index is 0.0288. The van der Waals surface area contributed by atoms with Crippen LogP contribution in [0.5, 0.6) is 5.75 Å². The average Bonchev–Trinajstić information content (AvgIpc) is 2.88. The molecule has 1 N–H and O–H groups in total. The van der Waals surface area contributed by atoms with Gasteiger partial charge in [-0.15, -0.1) is 0 Å². The van der Waals surface area contributed by atoms with Crippen LogP contribution in [-0.4, -0.2) is 27.3 Å². The molecule has 4 nitrogen and oxygen atoms in total. The summed E-state index contributed by atoms with van der Waals surface area (Å²) >= 11 is 0. The SMILES string of the molecule is Oc1ccc(-c2noc(C(F)(F)C(F)(F)C(F)(F)F)n2)cc1. The zero-order chi connectivity index (χ0) is 16.8. The Hall–Kier alpha value is -2.33. The molecule has 0 atom stereocenters. The Morgan fingerprint density at radius 2 is 1.45 bits per heavy atom. The van der Waals surface area contributed by atoms with Gasteiger partial charge in [0.05, 0.1) is 0 Å². The van der Waals surface area contributed by atoms with Gasteiger partial charge in [0.2, 0.25) is 5.82 Å². The van der Waals surface area contributed by atoms with Crippen molar-refractivity contribution in [2.45, 2.75) is 18.0 Å². The lowest BCUT2D eigenvalue weighted by atomic mass is 10.1. The van der Waals surface area contributed by atoms with Crippen molar-refractivity contribution in [2.75, 3.05) is 0 Å². The number of rotatable bonds is 3. The van der Waals surface area contributed by atoms with Gasteiger partial charge in [-0.05, 0) is 24.3 Å². The van der Waals surface area contributed by atoms with Crippen molar-refractivity contribution in [3.63, 3.8) is 0 Å². The first-order valence-electron chi connectivity index (χ1n) is 5.43. The maximum absolute atomic E-state index is 13.3. The third-order valence-electron chi connectivity index (χ3n) is 2.57. The summed E-state index contributed by atoms with van der Waals surface area (Å²) in [7, 11) is 0. The molecule has 0 unspecified atom stereocenters. The lowest BCUT2D eigenvalue weighted by molar-refractivity contribution is -0.364. The Labute approximate surface area is 117 Å². The summed E-state index contributed by atoms with van der Waals surface area (Å²) in [6.07, 6.45) is -6.50. The topological polar surface area (TPSA) is 59.2 Å². The highest BCUT2D eigenvalue weighted by Gasteiger charge is 2.76. The maximum atomic E-state index is 13.3. The van der Waals surface area contributed by atoms with Crippen LogP contribution in [-0.2, 0) is 5.92 Å². The zero-order valence-corrected chi connectivity index (χ0v) is 10.2. The summed E-state index contributed by atoms with van der Waals surface area (Å²) in [5.74, 6) is -15.1. The highest BCUT2D eigenvalue weighted by atomic mass is 19.4. The van der Waals surface area contributed by atoms with Gasteiger partial charge in [0, 0.05) is 5.56 Å².